The van der Waals surface area contributed by atoms with E-state index in [0.717, 1.165) is 12.1 Å². The SMILES string of the molecule is CC(C)(C)c1ccc(C2(CNCc3cnc(N)nc3N)CC2)cc1. The molecule has 1 saturated carbocycles. The van der Waals surface area contributed by atoms with E-state index in [-0.39, 0.29) is 16.8 Å². The fourth-order valence-corrected chi connectivity index (χ4v) is 3.05. The second kappa shape index (κ2) is 6.06. The van der Waals surface area contributed by atoms with E-state index in [4.69, 9.17) is 11.5 Å². The predicted molar refractivity (Wildman–Crippen MR) is 98.6 cm³/mol. The summed E-state index contributed by atoms with van der Waals surface area (Å²) >= 11 is 0. The Hall–Kier alpha value is -2.14. The molecule has 5 heteroatoms. The summed E-state index contributed by atoms with van der Waals surface area (Å²) in [5, 5.41) is 3.51. The van der Waals surface area contributed by atoms with Gasteiger partial charge in [-0.2, -0.15) is 4.98 Å². The maximum atomic E-state index is 5.88. The first-order valence-corrected chi connectivity index (χ1v) is 8.49. The van der Waals surface area contributed by atoms with Crippen LogP contribution >= 0.6 is 0 Å². The zero-order valence-corrected chi connectivity index (χ0v) is 14.8. The minimum atomic E-state index is 0.195. The van der Waals surface area contributed by atoms with Crippen molar-refractivity contribution in [2.24, 2.45) is 0 Å². The normalized spacial score (nSPS) is 16.1. The molecule has 0 amide bonds. The monoisotopic (exact) mass is 325 g/mol. The van der Waals surface area contributed by atoms with Gasteiger partial charge in [0.2, 0.25) is 5.95 Å². The van der Waals surface area contributed by atoms with Gasteiger partial charge in [0.25, 0.3) is 0 Å². The Morgan fingerprint density at radius 2 is 1.79 bits per heavy atom. The van der Waals surface area contributed by atoms with Gasteiger partial charge >= 0.3 is 0 Å². The van der Waals surface area contributed by atoms with Gasteiger partial charge in [0, 0.05) is 30.3 Å². The Kier molecular flexibility index (Phi) is 4.22. The Labute approximate surface area is 143 Å². The molecule has 1 fully saturated rings. The number of benzene rings is 1. The highest BCUT2D eigenvalue weighted by molar-refractivity contribution is 5.41. The molecule has 1 aromatic carbocycles. The lowest BCUT2D eigenvalue weighted by atomic mass is 9.85. The van der Waals surface area contributed by atoms with E-state index >= 15 is 0 Å². The molecule has 0 atom stereocenters. The summed E-state index contributed by atoms with van der Waals surface area (Å²) in [6, 6.07) is 9.11. The van der Waals surface area contributed by atoms with Crippen LogP contribution in [0.5, 0.6) is 0 Å². The third kappa shape index (κ3) is 3.51. The number of hydrogen-bond donors (Lipinski definition) is 3. The molecule has 5 nitrogen and oxygen atoms in total. The quantitative estimate of drug-likeness (QED) is 0.786. The minimum Gasteiger partial charge on any atom is -0.383 e. The van der Waals surface area contributed by atoms with Gasteiger partial charge in [0.15, 0.2) is 0 Å². The number of nitrogens with one attached hydrogen (secondary N) is 1. The third-order valence-corrected chi connectivity index (χ3v) is 4.91. The molecule has 1 aliphatic rings. The Morgan fingerprint density at radius 1 is 1.12 bits per heavy atom. The second-order valence-electron chi connectivity index (χ2n) is 7.85. The molecule has 2 aromatic rings. The largest absolute Gasteiger partial charge is 0.383 e. The molecule has 1 aliphatic carbocycles. The summed E-state index contributed by atoms with van der Waals surface area (Å²) in [6.07, 6.45) is 4.15. The van der Waals surface area contributed by atoms with Gasteiger partial charge in [-0.25, -0.2) is 4.98 Å². The first kappa shape index (κ1) is 16.7. The fourth-order valence-electron chi connectivity index (χ4n) is 3.05. The van der Waals surface area contributed by atoms with Gasteiger partial charge < -0.3 is 16.8 Å². The van der Waals surface area contributed by atoms with Crippen LogP contribution < -0.4 is 16.8 Å². The van der Waals surface area contributed by atoms with Crippen molar-refractivity contribution < 1.29 is 0 Å². The molecular weight excluding hydrogens is 298 g/mol. The highest BCUT2D eigenvalue weighted by atomic mass is 15.0. The van der Waals surface area contributed by atoms with Crippen LogP contribution in [-0.2, 0) is 17.4 Å². The zero-order valence-electron chi connectivity index (χ0n) is 14.8. The van der Waals surface area contributed by atoms with Crippen molar-refractivity contribution in [3.63, 3.8) is 0 Å². The number of nitrogen functional groups attached to an aromatic ring is 2. The number of anilines is 2. The van der Waals surface area contributed by atoms with Gasteiger partial charge in [-0.1, -0.05) is 45.0 Å². The number of hydrogen-bond acceptors (Lipinski definition) is 5. The molecule has 3 rings (SSSR count). The Balaban J connectivity index is 1.62. The molecule has 0 aliphatic heterocycles. The fraction of sp³-hybridized carbons (Fsp3) is 0.474. The molecule has 5 N–H and O–H groups in total. The van der Waals surface area contributed by atoms with Crippen molar-refractivity contribution in [2.75, 3.05) is 18.0 Å². The van der Waals surface area contributed by atoms with Crippen LogP contribution in [0.4, 0.5) is 11.8 Å². The van der Waals surface area contributed by atoms with E-state index in [2.05, 4.69) is 60.3 Å². The molecule has 0 radical (unpaired) electrons. The lowest BCUT2D eigenvalue weighted by molar-refractivity contribution is 0.569. The summed E-state index contributed by atoms with van der Waals surface area (Å²) < 4.78 is 0. The summed E-state index contributed by atoms with van der Waals surface area (Å²) in [6.45, 7) is 8.33. The van der Waals surface area contributed by atoms with E-state index in [1.165, 1.54) is 24.0 Å². The van der Waals surface area contributed by atoms with Crippen molar-refractivity contribution >= 4 is 11.8 Å². The standard InChI is InChI=1S/C19H27N5/c1-18(2,3)14-4-6-15(7-5-14)19(8-9-19)12-22-10-13-11-23-17(21)24-16(13)20/h4-7,11,22H,8-10,12H2,1-3H3,(H4,20,21,23,24). The summed E-state index contributed by atoms with van der Waals surface area (Å²) in [7, 11) is 0. The van der Waals surface area contributed by atoms with E-state index in [9.17, 15) is 0 Å². The van der Waals surface area contributed by atoms with Crippen LogP contribution in [0.1, 0.15) is 50.3 Å². The van der Waals surface area contributed by atoms with E-state index in [0.29, 0.717) is 12.4 Å². The van der Waals surface area contributed by atoms with Crippen molar-refractivity contribution in [3.8, 4) is 0 Å². The number of aromatic nitrogens is 2. The van der Waals surface area contributed by atoms with Crippen LogP contribution in [0.2, 0.25) is 0 Å². The minimum absolute atomic E-state index is 0.195. The van der Waals surface area contributed by atoms with Gasteiger partial charge in [0.05, 0.1) is 0 Å². The number of nitrogens with two attached hydrogens (primary N) is 2. The van der Waals surface area contributed by atoms with E-state index in [1.807, 2.05) is 0 Å². The van der Waals surface area contributed by atoms with Gasteiger partial charge in [-0.15, -0.1) is 0 Å². The van der Waals surface area contributed by atoms with Crippen LogP contribution in [0.15, 0.2) is 30.5 Å². The Bertz CT molecular complexity index is 712. The van der Waals surface area contributed by atoms with Crippen LogP contribution in [0.3, 0.4) is 0 Å². The first-order chi connectivity index (χ1) is 11.3. The van der Waals surface area contributed by atoms with Gasteiger partial charge in [-0.05, 0) is 29.4 Å². The molecule has 0 spiro atoms. The van der Waals surface area contributed by atoms with Crippen molar-refractivity contribution in [2.45, 2.75) is 51.0 Å². The van der Waals surface area contributed by atoms with Crippen LogP contribution in [0, 0.1) is 0 Å². The average Bonchev–Trinajstić information content (AvgIpc) is 3.30. The Morgan fingerprint density at radius 3 is 2.33 bits per heavy atom. The number of nitrogens with zero attached hydrogens (tertiary/aromatic N) is 2. The highest BCUT2D eigenvalue weighted by Crippen LogP contribution is 2.48. The van der Waals surface area contributed by atoms with Crippen molar-refractivity contribution in [3.05, 3.63) is 47.2 Å². The maximum absolute atomic E-state index is 5.88. The summed E-state index contributed by atoms with van der Waals surface area (Å²) in [4.78, 5) is 8.01. The smallest absolute Gasteiger partial charge is 0.221 e. The molecule has 0 saturated heterocycles. The van der Waals surface area contributed by atoms with E-state index < -0.39 is 0 Å². The molecule has 0 bridgehead atoms. The molecule has 0 unspecified atom stereocenters. The molecule has 128 valence electrons. The lowest BCUT2D eigenvalue weighted by Gasteiger charge is -2.22. The molecule has 1 aromatic heterocycles. The third-order valence-electron chi connectivity index (χ3n) is 4.91. The predicted octanol–water partition coefficient (Wildman–Crippen LogP) is 2.76. The number of rotatable bonds is 5. The highest BCUT2D eigenvalue weighted by Gasteiger charge is 2.43. The van der Waals surface area contributed by atoms with Crippen LogP contribution in [0.25, 0.3) is 0 Å². The molecular formula is C19H27N5. The second-order valence-corrected chi connectivity index (χ2v) is 7.85. The van der Waals surface area contributed by atoms with Crippen molar-refractivity contribution in [1.82, 2.24) is 15.3 Å². The van der Waals surface area contributed by atoms with Gasteiger partial charge in [0.1, 0.15) is 5.82 Å². The topological polar surface area (TPSA) is 89.8 Å². The molecule has 24 heavy (non-hydrogen) atoms. The van der Waals surface area contributed by atoms with Crippen LogP contribution in [-0.4, -0.2) is 16.5 Å². The lowest BCUT2D eigenvalue weighted by Crippen LogP contribution is -2.27. The molecule has 1 heterocycles. The van der Waals surface area contributed by atoms with Gasteiger partial charge in [-0.3, -0.25) is 0 Å². The average molecular weight is 325 g/mol. The summed E-state index contributed by atoms with van der Waals surface area (Å²) in [5.41, 5.74) is 15.6. The van der Waals surface area contributed by atoms with E-state index in [1.54, 1.807) is 6.20 Å². The zero-order chi connectivity index (χ0) is 17.4. The van der Waals surface area contributed by atoms with Crippen molar-refractivity contribution in [1.29, 1.82) is 0 Å². The maximum Gasteiger partial charge on any atom is 0.221 e. The first-order valence-electron chi connectivity index (χ1n) is 8.49. The summed E-state index contributed by atoms with van der Waals surface area (Å²) in [5.74, 6) is 0.670.